The zero-order valence-corrected chi connectivity index (χ0v) is 19.8. The molecule has 1 aromatic heterocycles. The smallest absolute Gasteiger partial charge is 0.191 e. The van der Waals surface area contributed by atoms with Gasteiger partial charge in [-0.2, -0.15) is 0 Å². The summed E-state index contributed by atoms with van der Waals surface area (Å²) in [5.74, 6) is 1.83. The Balaban J connectivity index is 0.00000280. The molecular weight excluding hydrogens is 483 g/mol. The molecule has 3 rings (SSSR count). The predicted octanol–water partition coefficient (Wildman–Crippen LogP) is 4.28. The first-order valence-electron chi connectivity index (χ1n) is 9.78. The molecule has 0 amide bonds. The van der Waals surface area contributed by atoms with Crippen molar-refractivity contribution in [1.29, 1.82) is 0 Å². The van der Waals surface area contributed by atoms with Crippen molar-refractivity contribution in [2.75, 3.05) is 37.7 Å². The molecule has 0 spiro atoms. The van der Waals surface area contributed by atoms with Crippen LogP contribution in [0.3, 0.4) is 0 Å². The summed E-state index contributed by atoms with van der Waals surface area (Å²) in [6.07, 6.45) is 2.25. The Morgan fingerprint density at radius 2 is 2.00 bits per heavy atom. The van der Waals surface area contributed by atoms with Gasteiger partial charge in [0.2, 0.25) is 0 Å². The molecule has 0 radical (unpaired) electrons. The van der Waals surface area contributed by atoms with Crippen LogP contribution in [0.4, 0.5) is 5.00 Å². The Kier molecular flexibility index (Phi) is 9.91. The normalized spacial score (nSPS) is 15.1. The van der Waals surface area contributed by atoms with E-state index in [1.165, 1.54) is 5.00 Å². The highest BCUT2D eigenvalue weighted by Crippen LogP contribution is 2.24. The molecule has 0 saturated carbocycles. The second-order valence-corrected chi connectivity index (χ2v) is 7.66. The lowest BCUT2D eigenvalue weighted by Crippen LogP contribution is -2.48. The molecule has 2 aromatic rings. The first-order valence-corrected chi connectivity index (χ1v) is 10.7. The Morgan fingerprint density at radius 3 is 2.68 bits per heavy atom. The number of ether oxygens (including phenoxy) is 1. The molecule has 1 saturated heterocycles. The lowest BCUT2D eigenvalue weighted by molar-refractivity contribution is 0.326. The van der Waals surface area contributed by atoms with E-state index < -0.39 is 0 Å². The van der Waals surface area contributed by atoms with Crippen LogP contribution < -0.4 is 20.3 Å². The second-order valence-electron chi connectivity index (χ2n) is 6.73. The van der Waals surface area contributed by atoms with Gasteiger partial charge in [0.1, 0.15) is 12.4 Å². The van der Waals surface area contributed by atoms with Crippen molar-refractivity contribution in [2.45, 2.75) is 32.7 Å². The van der Waals surface area contributed by atoms with Crippen LogP contribution in [-0.2, 0) is 0 Å². The number of benzene rings is 1. The van der Waals surface area contributed by atoms with E-state index in [1.54, 1.807) is 0 Å². The standard InChI is InChI=1S/C21H30N4OS.HI/c1-3-22-21(23-12-15-26-19-8-5-4-7-17(19)2)24-18-10-13-25(14-11-18)20-9-6-16-27-20;/h4-9,16,18H,3,10-15H2,1-2H3,(H2,22,23,24);1H. The average molecular weight is 514 g/mol. The lowest BCUT2D eigenvalue weighted by Gasteiger charge is -2.33. The molecule has 154 valence electrons. The van der Waals surface area contributed by atoms with E-state index in [0.29, 0.717) is 19.2 Å². The van der Waals surface area contributed by atoms with Crippen molar-refractivity contribution in [3.05, 3.63) is 47.3 Å². The molecule has 5 nitrogen and oxygen atoms in total. The third-order valence-corrected chi connectivity index (χ3v) is 5.64. The third kappa shape index (κ3) is 6.84. The Bertz CT molecular complexity index is 715. The number of thiophene rings is 1. The van der Waals surface area contributed by atoms with Gasteiger partial charge in [-0.1, -0.05) is 18.2 Å². The number of hydrogen-bond donors (Lipinski definition) is 2. The second kappa shape index (κ2) is 12.2. The maximum absolute atomic E-state index is 5.84. The molecule has 2 N–H and O–H groups in total. The molecule has 0 aliphatic carbocycles. The van der Waals surface area contributed by atoms with Gasteiger partial charge in [-0.15, -0.1) is 35.3 Å². The summed E-state index contributed by atoms with van der Waals surface area (Å²) in [7, 11) is 0. The van der Waals surface area contributed by atoms with E-state index in [4.69, 9.17) is 4.74 Å². The number of halogens is 1. The van der Waals surface area contributed by atoms with Crippen LogP contribution in [0.25, 0.3) is 0 Å². The topological polar surface area (TPSA) is 48.9 Å². The first kappa shape index (κ1) is 22.8. The van der Waals surface area contributed by atoms with E-state index in [0.717, 1.165) is 49.7 Å². The van der Waals surface area contributed by atoms with Gasteiger partial charge in [-0.05, 0) is 55.8 Å². The summed E-state index contributed by atoms with van der Waals surface area (Å²) < 4.78 is 5.84. The van der Waals surface area contributed by atoms with Gasteiger partial charge in [-0.3, -0.25) is 0 Å². The van der Waals surface area contributed by atoms with Crippen molar-refractivity contribution in [3.63, 3.8) is 0 Å². The molecule has 0 bridgehead atoms. The SMILES string of the molecule is CCNC(=NCCOc1ccccc1C)NC1CCN(c2cccs2)CC1.I. The van der Waals surface area contributed by atoms with Crippen LogP contribution in [-0.4, -0.2) is 44.8 Å². The summed E-state index contributed by atoms with van der Waals surface area (Å²) in [6.45, 7) is 8.42. The maximum atomic E-state index is 5.84. The zero-order valence-electron chi connectivity index (χ0n) is 16.7. The van der Waals surface area contributed by atoms with Crippen LogP contribution in [0.5, 0.6) is 5.75 Å². The van der Waals surface area contributed by atoms with Gasteiger partial charge in [-0.25, -0.2) is 4.99 Å². The number of anilines is 1. The molecule has 28 heavy (non-hydrogen) atoms. The molecule has 1 aliphatic rings. The summed E-state index contributed by atoms with van der Waals surface area (Å²) in [6, 6.07) is 12.9. The fourth-order valence-corrected chi connectivity index (χ4v) is 4.02. The fourth-order valence-electron chi connectivity index (χ4n) is 3.24. The summed E-state index contributed by atoms with van der Waals surface area (Å²) >= 11 is 1.82. The van der Waals surface area contributed by atoms with Crippen LogP contribution >= 0.6 is 35.3 Å². The summed E-state index contributed by atoms with van der Waals surface area (Å²) in [5.41, 5.74) is 1.16. The molecule has 7 heteroatoms. The number of para-hydroxylation sites is 1. The molecule has 2 heterocycles. The van der Waals surface area contributed by atoms with Crippen molar-refractivity contribution in [3.8, 4) is 5.75 Å². The predicted molar refractivity (Wildman–Crippen MR) is 131 cm³/mol. The number of guanidine groups is 1. The summed E-state index contributed by atoms with van der Waals surface area (Å²) in [5, 5.41) is 10.5. The minimum absolute atomic E-state index is 0. The van der Waals surface area contributed by atoms with Crippen molar-refractivity contribution in [1.82, 2.24) is 10.6 Å². The largest absolute Gasteiger partial charge is 0.491 e. The first-order chi connectivity index (χ1) is 13.3. The lowest BCUT2D eigenvalue weighted by atomic mass is 10.1. The maximum Gasteiger partial charge on any atom is 0.191 e. The van der Waals surface area contributed by atoms with Gasteiger partial charge in [0, 0.05) is 25.7 Å². The molecule has 1 aromatic carbocycles. The zero-order chi connectivity index (χ0) is 18.9. The van der Waals surface area contributed by atoms with Gasteiger partial charge < -0.3 is 20.3 Å². The number of hydrogen-bond acceptors (Lipinski definition) is 4. The highest BCUT2D eigenvalue weighted by Gasteiger charge is 2.20. The van der Waals surface area contributed by atoms with Crippen LogP contribution in [0, 0.1) is 6.92 Å². The highest BCUT2D eigenvalue weighted by molar-refractivity contribution is 14.0. The number of nitrogens with one attached hydrogen (secondary N) is 2. The molecule has 0 unspecified atom stereocenters. The van der Waals surface area contributed by atoms with E-state index in [9.17, 15) is 0 Å². The van der Waals surface area contributed by atoms with Gasteiger partial charge in [0.05, 0.1) is 11.5 Å². The van der Waals surface area contributed by atoms with E-state index >= 15 is 0 Å². The number of piperidine rings is 1. The van der Waals surface area contributed by atoms with E-state index in [2.05, 4.69) is 58.0 Å². The fraction of sp³-hybridized carbons (Fsp3) is 0.476. The minimum atomic E-state index is 0. The van der Waals surface area contributed by atoms with E-state index in [1.807, 2.05) is 29.5 Å². The van der Waals surface area contributed by atoms with Crippen LogP contribution in [0.15, 0.2) is 46.8 Å². The monoisotopic (exact) mass is 514 g/mol. The Labute approximate surface area is 189 Å². The number of nitrogens with zero attached hydrogens (tertiary/aromatic N) is 2. The van der Waals surface area contributed by atoms with E-state index in [-0.39, 0.29) is 24.0 Å². The molecule has 1 aliphatic heterocycles. The van der Waals surface area contributed by atoms with Gasteiger partial charge in [0.15, 0.2) is 5.96 Å². The average Bonchev–Trinajstić information content (AvgIpc) is 3.22. The highest BCUT2D eigenvalue weighted by atomic mass is 127. The summed E-state index contributed by atoms with van der Waals surface area (Å²) in [4.78, 5) is 7.15. The number of rotatable bonds is 7. The number of aryl methyl sites for hydroxylation is 1. The minimum Gasteiger partial charge on any atom is -0.491 e. The Hall–Kier alpha value is -1.48. The van der Waals surface area contributed by atoms with Crippen molar-refractivity contribution in [2.24, 2.45) is 4.99 Å². The third-order valence-electron chi connectivity index (χ3n) is 4.71. The molecule has 0 atom stereocenters. The molecular formula is C21H31IN4OS. The molecule has 1 fully saturated rings. The number of aliphatic imine (C=N–C) groups is 1. The Morgan fingerprint density at radius 1 is 1.21 bits per heavy atom. The van der Waals surface area contributed by atoms with Crippen molar-refractivity contribution < 1.29 is 4.74 Å². The van der Waals surface area contributed by atoms with Crippen LogP contribution in [0.2, 0.25) is 0 Å². The van der Waals surface area contributed by atoms with Crippen LogP contribution in [0.1, 0.15) is 25.3 Å². The quantitative estimate of drug-likeness (QED) is 0.251. The van der Waals surface area contributed by atoms with Crippen molar-refractivity contribution >= 4 is 46.3 Å². The van der Waals surface area contributed by atoms with Gasteiger partial charge in [0.25, 0.3) is 0 Å². The van der Waals surface area contributed by atoms with Gasteiger partial charge >= 0.3 is 0 Å².